The number of hydrogen-bond acceptors (Lipinski definition) is 7. The Labute approximate surface area is 157 Å². The third-order valence-corrected chi connectivity index (χ3v) is 4.00. The first-order chi connectivity index (χ1) is 13.0. The van der Waals surface area contributed by atoms with Crippen molar-refractivity contribution in [3.8, 4) is 5.75 Å². The fourth-order valence-electron chi connectivity index (χ4n) is 2.51. The number of hydrogen-bond donors (Lipinski definition) is 3. The van der Waals surface area contributed by atoms with Crippen molar-refractivity contribution >= 4 is 17.7 Å². The first-order valence-electron chi connectivity index (χ1n) is 8.38. The molecule has 1 aromatic heterocycles. The molecule has 1 aromatic carbocycles. The fraction of sp³-hybridized carbons (Fsp3) is 0.316. The van der Waals surface area contributed by atoms with Crippen molar-refractivity contribution in [1.82, 2.24) is 10.3 Å². The van der Waals surface area contributed by atoms with Crippen LogP contribution in [0.3, 0.4) is 0 Å². The second-order valence-corrected chi connectivity index (χ2v) is 5.83. The van der Waals surface area contributed by atoms with E-state index in [9.17, 15) is 14.7 Å². The topological polar surface area (TPSA) is 124 Å². The number of benzene rings is 1. The second kappa shape index (κ2) is 9.54. The highest BCUT2D eigenvalue weighted by molar-refractivity contribution is 5.89. The van der Waals surface area contributed by atoms with Crippen LogP contribution in [0, 0.1) is 0 Å². The number of aliphatic hydroxyl groups is 1. The van der Waals surface area contributed by atoms with E-state index >= 15 is 0 Å². The van der Waals surface area contributed by atoms with E-state index in [1.165, 1.54) is 26.5 Å². The van der Waals surface area contributed by atoms with Crippen molar-refractivity contribution < 1.29 is 24.2 Å². The molecular formula is C19H23N3O5. The lowest BCUT2D eigenvalue weighted by atomic mass is 10.1. The molecule has 1 heterocycles. The van der Waals surface area contributed by atoms with Gasteiger partial charge in [-0.1, -0.05) is 12.1 Å². The monoisotopic (exact) mass is 373 g/mol. The molecule has 1 atom stereocenters. The maximum atomic E-state index is 12.0. The molecule has 0 aliphatic rings. The molecule has 0 bridgehead atoms. The van der Waals surface area contributed by atoms with Gasteiger partial charge in [-0.3, -0.25) is 4.79 Å². The lowest BCUT2D eigenvalue weighted by molar-refractivity contribution is -0.129. The number of carbonyl (C=O) groups excluding carboxylic acids is 2. The molecule has 0 spiro atoms. The van der Waals surface area contributed by atoms with E-state index in [1.54, 1.807) is 24.3 Å². The molecule has 0 aliphatic heterocycles. The first-order valence-corrected chi connectivity index (χ1v) is 8.38. The Morgan fingerprint density at radius 1 is 1.26 bits per heavy atom. The zero-order chi connectivity index (χ0) is 19.8. The molecule has 0 saturated heterocycles. The average Bonchev–Trinajstić information content (AvgIpc) is 2.70. The number of rotatable bonds is 8. The van der Waals surface area contributed by atoms with Crippen molar-refractivity contribution in [1.29, 1.82) is 0 Å². The first kappa shape index (κ1) is 20.2. The SMILES string of the molecule is COC(=O)c1ccc(CCCNC(=O)C(O)c2ccc(N)nc2)c(OC)c1. The number of nitrogens with two attached hydrogens (primary N) is 1. The molecule has 2 rings (SSSR count). The highest BCUT2D eigenvalue weighted by Gasteiger charge is 2.17. The summed E-state index contributed by atoms with van der Waals surface area (Å²) in [7, 11) is 2.85. The van der Waals surface area contributed by atoms with Crippen molar-refractivity contribution in [2.24, 2.45) is 0 Å². The molecule has 0 saturated carbocycles. The average molecular weight is 373 g/mol. The van der Waals surface area contributed by atoms with Crippen LogP contribution in [0.25, 0.3) is 0 Å². The molecule has 0 radical (unpaired) electrons. The van der Waals surface area contributed by atoms with Gasteiger partial charge in [-0.15, -0.1) is 0 Å². The second-order valence-electron chi connectivity index (χ2n) is 5.83. The molecule has 8 nitrogen and oxygen atoms in total. The molecule has 2 aromatic rings. The number of nitrogens with zero attached hydrogens (tertiary/aromatic N) is 1. The molecular weight excluding hydrogens is 350 g/mol. The molecule has 27 heavy (non-hydrogen) atoms. The third-order valence-electron chi connectivity index (χ3n) is 4.00. The van der Waals surface area contributed by atoms with Gasteiger partial charge in [0.15, 0.2) is 6.10 Å². The number of aryl methyl sites for hydroxylation is 1. The molecule has 8 heteroatoms. The Balaban J connectivity index is 1.86. The normalized spacial score (nSPS) is 11.5. The third kappa shape index (κ3) is 5.42. The van der Waals surface area contributed by atoms with Gasteiger partial charge < -0.3 is 25.6 Å². The number of anilines is 1. The number of pyridine rings is 1. The van der Waals surface area contributed by atoms with E-state index in [0.717, 1.165) is 5.56 Å². The van der Waals surface area contributed by atoms with Gasteiger partial charge in [0.05, 0.1) is 19.8 Å². The predicted molar refractivity (Wildman–Crippen MR) is 99.3 cm³/mol. The highest BCUT2D eigenvalue weighted by atomic mass is 16.5. The molecule has 144 valence electrons. The predicted octanol–water partition coefficient (Wildman–Crippen LogP) is 1.24. The van der Waals surface area contributed by atoms with Gasteiger partial charge in [0.25, 0.3) is 5.91 Å². The Morgan fingerprint density at radius 3 is 2.67 bits per heavy atom. The lowest BCUT2D eigenvalue weighted by Crippen LogP contribution is -2.30. The van der Waals surface area contributed by atoms with Gasteiger partial charge in [0, 0.05) is 18.3 Å². The molecule has 1 amide bonds. The smallest absolute Gasteiger partial charge is 0.337 e. The molecule has 1 unspecified atom stereocenters. The Bertz CT molecular complexity index is 792. The van der Waals surface area contributed by atoms with Crippen molar-refractivity contribution in [2.45, 2.75) is 18.9 Å². The van der Waals surface area contributed by atoms with Gasteiger partial charge >= 0.3 is 5.97 Å². The number of nitrogens with one attached hydrogen (secondary N) is 1. The molecule has 4 N–H and O–H groups in total. The summed E-state index contributed by atoms with van der Waals surface area (Å²) in [5, 5.41) is 12.7. The maximum absolute atomic E-state index is 12.0. The zero-order valence-corrected chi connectivity index (χ0v) is 15.3. The maximum Gasteiger partial charge on any atom is 0.337 e. The van der Waals surface area contributed by atoms with Crippen LogP contribution >= 0.6 is 0 Å². The standard InChI is InChI=1S/C19H23N3O5/c1-26-15-10-13(19(25)27-2)6-5-12(15)4-3-9-21-18(24)17(23)14-7-8-16(20)22-11-14/h5-8,10-11,17,23H,3-4,9H2,1-2H3,(H2,20,22)(H,21,24). The molecule has 0 aliphatic carbocycles. The van der Waals surface area contributed by atoms with Gasteiger partial charge in [0.2, 0.25) is 0 Å². The van der Waals surface area contributed by atoms with Crippen LogP contribution in [-0.4, -0.2) is 42.7 Å². The Kier molecular flexibility index (Phi) is 7.13. The van der Waals surface area contributed by atoms with E-state index in [2.05, 4.69) is 15.0 Å². The van der Waals surface area contributed by atoms with Crippen molar-refractivity contribution in [3.63, 3.8) is 0 Å². The Hall–Kier alpha value is -3.13. The van der Waals surface area contributed by atoms with E-state index in [0.29, 0.717) is 42.1 Å². The van der Waals surface area contributed by atoms with E-state index in [4.69, 9.17) is 10.5 Å². The summed E-state index contributed by atoms with van der Waals surface area (Å²) in [6.45, 7) is 0.375. The minimum atomic E-state index is -1.30. The van der Waals surface area contributed by atoms with Crippen LogP contribution in [0.5, 0.6) is 5.75 Å². The molecule has 0 fully saturated rings. The van der Waals surface area contributed by atoms with Crippen LogP contribution in [0.1, 0.15) is 34.0 Å². The van der Waals surface area contributed by atoms with Gasteiger partial charge in [-0.25, -0.2) is 9.78 Å². The number of aliphatic hydroxyl groups excluding tert-OH is 1. The minimum absolute atomic E-state index is 0.318. The highest BCUT2D eigenvalue weighted by Crippen LogP contribution is 2.22. The van der Waals surface area contributed by atoms with E-state index in [-0.39, 0.29) is 0 Å². The van der Waals surface area contributed by atoms with Gasteiger partial charge in [-0.05, 0) is 36.6 Å². The summed E-state index contributed by atoms with van der Waals surface area (Å²) in [6.07, 6.45) is 1.33. The fourth-order valence-corrected chi connectivity index (χ4v) is 2.51. The summed E-state index contributed by atoms with van der Waals surface area (Å²) in [4.78, 5) is 27.4. The van der Waals surface area contributed by atoms with E-state index in [1.807, 2.05) is 0 Å². The summed E-state index contributed by atoms with van der Waals surface area (Å²) in [5.41, 5.74) is 7.18. The summed E-state index contributed by atoms with van der Waals surface area (Å²) in [5.74, 6) is -0.0384. The number of carbonyl (C=O) groups is 2. The number of ether oxygens (including phenoxy) is 2. The summed E-state index contributed by atoms with van der Waals surface area (Å²) >= 11 is 0. The lowest BCUT2D eigenvalue weighted by Gasteiger charge is -2.13. The zero-order valence-electron chi connectivity index (χ0n) is 15.3. The van der Waals surface area contributed by atoms with E-state index < -0.39 is 18.0 Å². The minimum Gasteiger partial charge on any atom is -0.496 e. The van der Waals surface area contributed by atoms with Crippen molar-refractivity contribution in [2.75, 3.05) is 26.5 Å². The summed E-state index contributed by atoms with van der Waals surface area (Å²) < 4.78 is 10.0. The quantitative estimate of drug-likeness (QED) is 0.470. The van der Waals surface area contributed by atoms with Crippen LogP contribution < -0.4 is 15.8 Å². The largest absolute Gasteiger partial charge is 0.496 e. The Morgan fingerprint density at radius 2 is 2.04 bits per heavy atom. The van der Waals surface area contributed by atoms with Crippen LogP contribution in [-0.2, 0) is 16.0 Å². The van der Waals surface area contributed by atoms with Gasteiger partial charge in [-0.2, -0.15) is 0 Å². The number of esters is 1. The summed E-state index contributed by atoms with van der Waals surface area (Å²) in [6, 6.07) is 8.16. The van der Waals surface area contributed by atoms with Crippen molar-refractivity contribution in [3.05, 3.63) is 53.2 Å². The van der Waals surface area contributed by atoms with Crippen LogP contribution in [0.2, 0.25) is 0 Å². The number of aromatic nitrogens is 1. The van der Waals surface area contributed by atoms with Crippen LogP contribution in [0.4, 0.5) is 5.82 Å². The number of methoxy groups -OCH3 is 2. The number of nitrogen functional groups attached to an aromatic ring is 1. The van der Waals surface area contributed by atoms with Crippen LogP contribution in [0.15, 0.2) is 36.5 Å². The number of amides is 1. The van der Waals surface area contributed by atoms with Gasteiger partial charge in [0.1, 0.15) is 11.6 Å².